The van der Waals surface area contributed by atoms with Crippen LogP contribution in [0.1, 0.15) is 13.8 Å². The Hall–Kier alpha value is -1.05. The maximum atomic E-state index is 5.30. The van der Waals surface area contributed by atoms with E-state index in [1.807, 2.05) is 6.92 Å². The lowest BCUT2D eigenvalue weighted by molar-refractivity contribution is 1.28. The highest BCUT2D eigenvalue weighted by atomic mass is 14.8. The van der Waals surface area contributed by atoms with Crippen LogP contribution in [-0.4, -0.2) is 5.84 Å². The molecule has 0 unspecified atom stereocenters. The van der Waals surface area contributed by atoms with E-state index in [0.29, 0.717) is 5.84 Å². The van der Waals surface area contributed by atoms with Crippen LogP contribution in [0.4, 0.5) is 0 Å². The van der Waals surface area contributed by atoms with Crippen molar-refractivity contribution in [2.75, 3.05) is 0 Å². The van der Waals surface area contributed by atoms with E-state index >= 15 is 0 Å². The average molecular weight is 124 g/mol. The molecule has 0 aliphatic heterocycles. The molecule has 0 spiro atoms. The molecule has 0 aliphatic rings. The number of hydrogen-bond acceptors (Lipinski definition) is 1. The lowest BCUT2D eigenvalue weighted by Gasteiger charge is -1.89. The van der Waals surface area contributed by atoms with E-state index in [1.54, 1.807) is 19.1 Å². The van der Waals surface area contributed by atoms with Crippen LogP contribution in [-0.2, 0) is 0 Å². The van der Waals surface area contributed by atoms with Crippen molar-refractivity contribution in [3.63, 3.8) is 0 Å². The molecule has 0 atom stereocenters. The first-order chi connectivity index (χ1) is 4.16. The fourth-order valence-corrected chi connectivity index (χ4v) is 0.486. The van der Waals surface area contributed by atoms with Gasteiger partial charge in [-0.3, -0.25) is 0 Å². The average Bonchev–Trinajstić information content (AvgIpc) is 1.63. The number of nitrogens with zero attached hydrogens (tertiary/aromatic N) is 1. The Morgan fingerprint density at radius 2 is 2.11 bits per heavy atom. The molecule has 0 aliphatic carbocycles. The van der Waals surface area contributed by atoms with Gasteiger partial charge in [0.15, 0.2) is 0 Å². The molecule has 0 saturated heterocycles. The fraction of sp³-hybridized carbons (Fsp3) is 0.286. The fourth-order valence-electron chi connectivity index (χ4n) is 0.486. The highest BCUT2D eigenvalue weighted by Crippen LogP contribution is 1.92. The van der Waals surface area contributed by atoms with Crippen LogP contribution >= 0.6 is 0 Å². The minimum Gasteiger partial charge on any atom is -0.387 e. The minimum atomic E-state index is 0.575. The van der Waals surface area contributed by atoms with Crippen LogP contribution in [0.5, 0.6) is 0 Å². The molecule has 0 aromatic heterocycles. The zero-order chi connectivity index (χ0) is 7.28. The van der Waals surface area contributed by atoms with Crippen molar-refractivity contribution in [1.82, 2.24) is 0 Å². The minimum absolute atomic E-state index is 0.575. The zero-order valence-electron chi connectivity index (χ0n) is 5.89. The van der Waals surface area contributed by atoms with Crippen LogP contribution in [0.3, 0.4) is 0 Å². The molecular formula is C7H12N2. The molecule has 0 fully saturated rings. The largest absolute Gasteiger partial charge is 0.387 e. The molecule has 2 heteroatoms. The van der Waals surface area contributed by atoms with Crippen molar-refractivity contribution >= 4 is 5.84 Å². The van der Waals surface area contributed by atoms with E-state index in [0.717, 1.165) is 5.70 Å². The monoisotopic (exact) mass is 124 g/mol. The maximum Gasteiger partial charge on any atom is 0.0960 e. The molecule has 2 nitrogen and oxygen atoms in total. The van der Waals surface area contributed by atoms with Gasteiger partial charge in [-0.1, -0.05) is 12.7 Å². The quantitative estimate of drug-likeness (QED) is 0.338. The molecule has 2 N–H and O–H groups in total. The maximum absolute atomic E-state index is 5.30. The summed E-state index contributed by atoms with van der Waals surface area (Å²) in [6.45, 7) is 7.14. The highest BCUT2D eigenvalue weighted by Gasteiger charge is 1.79. The first-order valence-electron chi connectivity index (χ1n) is 2.77. The van der Waals surface area contributed by atoms with Crippen LogP contribution in [0.25, 0.3) is 0 Å². The Kier molecular flexibility index (Phi) is 3.44. The molecule has 0 aromatic rings. The van der Waals surface area contributed by atoms with Gasteiger partial charge in [0, 0.05) is 5.70 Å². The molecule has 0 amide bonds. The van der Waals surface area contributed by atoms with Gasteiger partial charge in [0.2, 0.25) is 0 Å². The van der Waals surface area contributed by atoms with Gasteiger partial charge in [-0.2, -0.15) is 0 Å². The van der Waals surface area contributed by atoms with Gasteiger partial charge in [-0.15, -0.1) is 0 Å². The van der Waals surface area contributed by atoms with Gasteiger partial charge in [0.1, 0.15) is 0 Å². The Morgan fingerprint density at radius 3 is 2.44 bits per heavy atom. The van der Waals surface area contributed by atoms with Crippen LogP contribution in [0, 0.1) is 0 Å². The molecule has 50 valence electrons. The van der Waals surface area contributed by atoms with Crippen molar-refractivity contribution in [3.8, 4) is 0 Å². The molecule has 0 radical (unpaired) electrons. The third kappa shape index (κ3) is 4.81. The van der Waals surface area contributed by atoms with Crippen molar-refractivity contribution in [2.24, 2.45) is 10.7 Å². The Labute approximate surface area is 55.8 Å². The van der Waals surface area contributed by atoms with Gasteiger partial charge < -0.3 is 5.73 Å². The third-order valence-corrected chi connectivity index (χ3v) is 0.712. The van der Waals surface area contributed by atoms with E-state index in [4.69, 9.17) is 5.73 Å². The van der Waals surface area contributed by atoms with Gasteiger partial charge >= 0.3 is 0 Å². The highest BCUT2D eigenvalue weighted by molar-refractivity contribution is 5.78. The lowest BCUT2D eigenvalue weighted by atomic mass is 10.4. The summed E-state index contributed by atoms with van der Waals surface area (Å²) < 4.78 is 0. The van der Waals surface area contributed by atoms with E-state index in [-0.39, 0.29) is 0 Å². The number of allylic oxidation sites excluding steroid dienone is 3. The normalized spacial score (nSPS) is 13.6. The molecule has 0 saturated carbocycles. The predicted molar refractivity (Wildman–Crippen MR) is 41.3 cm³/mol. The van der Waals surface area contributed by atoms with Crippen LogP contribution in [0.2, 0.25) is 0 Å². The number of amidine groups is 1. The lowest BCUT2D eigenvalue weighted by Crippen LogP contribution is -2.04. The summed E-state index contributed by atoms with van der Waals surface area (Å²) in [4.78, 5) is 3.95. The summed E-state index contributed by atoms with van der Waals surface area (Å²) in [5.41, 5.74) is 6.18. The Bertz CT molecular complexity index is 150. The molecule has 0 heterocycles. The van der Waals surface area contributed by atoms with E-state index < -0.39 is 0 Å². The van der Waals surface area contributed by atoms with Gasteiger partial charge in [-0.25, -0.2) is 4.99 Å². The first-order valence-corrected chi connectivity index (χ1v) is 2.77. The summed E-state index contributed by atoms with van der Waals surface area (Å²) in [7, 11) is 0. The van der Waals surface area contributed by atoms with Gasteiger partial charge in [0.25, 0.3) is 0 Å². The second kappa shape index (κ2) is 3.89. The summed E-state index contributed by atoms with van der Waals surface area (Å²) in [5.74, 6) is 0.575. The first kappa shape index (κ1) is 7.95. The summed E-state index contributed by atoms with van der Waals surface area (Å²) in [6, 6.07) is 0. The van der Waals surface area contributed by atoms with Crippen LogP contribution < -0.4 is 5.73 Å². The van der Waals surface area contributed by atoms with Crippen molar-refractivity contribution < 1.29 is 0 Å². The standard InChI is InChI=1S/C7H12N2/c1-4-5-6(2)9-7(3)8/h4-5H,1H2,2-3H3,(H2,8,9)/b6-5+. The number of aliphatic imine (C=N–C) groups is 1. The molecule has 0 bridgehead atoms. The Balaban J connectivity index is 4.05. The Morgan fingerprint density at radius 1 is 1.56 bits per heavy atom. The smallest absolute Gasteiger partial charge is 0.0960 e. The SMILES string of the molecule is C=C/C=C(C)/N=C(\C)N. The summed E-state index contributed by atoms with van der Waals surface area (Å²) in [6.07, 6.45) is 3.48. The van der Waals surface area contributed by atoms with Crippen molar-refractivity contribution in [3.05, 3.63) is 24.4 Å². The number of nitrogens with two attached hydrogens (primary N) is 1. The third-order valence-electron chi connectivity index (χ3n) is 0.712. The summed E-state index contributed by atoms with van der Waals surface area (Å²) in [5, 5.41) is 0. The molecule has 0 aromatic carbocycles. The van der Waals surface area contributed by atoms with Crippen LogP contribution in [0.15, 0.2) is 29.4 Å². The van der Waals surface area contributed by atoms with Crippen molar-refractivity contribution in [2.45, 2.75) is 13.8 Å². The number of hydrogen-bond donors (Lipinski definition) is 1. The zero-order valence-corrected chi connectivity index (χ0v) is 5.89. The number of rotatable bonds is 2. The van der Waals surface area contributed by atoms with E-state index in [1.165, 1.54) is 0 Å². The molecule has 0 rings (SSSR count). The summed E-state index contributed by atoms with van der Waals surface area (Å²) >= 11 is 0. The molecular weight excluding hydrogens is 112 g/mol. The second-order valence-corrected chi connectivity index (χ2v) is 1.80. The predicted octanol–water partition coefficient (Wildman–Crippen LogP) is 1.45. The molecule has 9 heavy (non-hydrogen) atoms. The van der Waals surface area contributed by atoms with Gasteiger partial charge in [-0.05, 0) is 19.9 Å². The second-order valence-electron chi connectivity index (χ2n) is 1.80. The van der Waals surface area contributed by atoms with E-state index in [9.17, 15) is 0 Å². The van der Waals surface area contributed by atoms with Gasteiger partial charge in [0.05, 0.1) is 5.84 Å². The topological polar surface area (TPSA) is 38.4 Å². The van der Waals surface area contributed by atoms with Crippen molar-refractivity contribution in [1.29, 1.82) is 0 Å². The van der Waals surface area contributed by atoms with E-state index in [2.05, 4.69) is 11.6 Å².